The van der Waals surface area contributed by atoms with Crippen molar-refractivity contribution >= 4 is 0 Å². The first-order chi connectivity index (χ1) is 5.82. The molecule has 72 valence electrons. The summed E-state index contributed by atoms with van der Waals surface area (Å²) in [5.74, 6) is -0.680. The Kier molecular flexibility index (Phi) is 2.30. The molecule has 1 aromatic carbocycles. The van der Waals surface area contributed by atoms with Gasteiger partial charge in [0.25, 0.3) is 0 Å². The molecule has 0 aliphatic rings. The highest BCUT2D eigenvalue weighted by atomic mass is 19.1. The molecule has 0 aliphatic carbocycles. The van der Waals surface area contributed by atoms with Crippen molar-refractivity contribution in [3.05, 3.63) is 29.1 Å². The molecule has 0 aliphatic heterocycles. The SMILES string of the molecule is Cc1cc(C(C)(C)O)c(F)cc1O. The highest BCUT2D eigenvalue weighted by molar-refractivity contribution is 5.38. The van der Waals surface area contributed by atoms with Gasteiger partial charge in [0.15, 0.2) is 0 Å². The summed E-state index contributed by atoms with van der Waals surface area (Å²) < 4.78 is 13.2. The fraction of sp³-hybridized carbons (Fsp3) is 0.400. The zero-order chi connectivity index (χ0) is 10.2. The second-order valence-corrected chi connectivity index (χ2v) is 3.68. The number of phenols is 1. The van der Waals surface area contributed by atoms with Crippen LogP contribution in [0.4, 0.5) is 4.39 Å². The number of aryl methyl sites for hydroxylation is 1. The van der Waals surface area contributed by atoms with Crippen LogP contribution in [0.5, 0.6) is 5.75 Å². The van der Waals surface area contributed by atoms with Crippen molar-refractivity contribution in [3.63, 3.8) is 0 Å². The van der Waals surface area contributed by atoms with Gasteiger partial charge in [0.2, 0.25) is 0 Å². The molecule has 0 atom stereocenters. The van der Waals surface area contributed by atoms with Crippen molar-refractivity contribution in [2.45, 2.75) is 26.4 Å². The molecule has 3 heteroatoms. The van der Waals surface area contributed by atoms with Crippen molar-refractivity contribution in [2.24, 2.45) is 0 Å². The van der Waals surface area contributed by atoms with E-state index in [1.165, 1.54) is 19.9 Å². The van der Waals surface area contributed by atoms with Gasteiger partial charge in [0, 0.05) is 11.6 Å². The second-order valence-electron chi connectivity index (χ2n) is 3.68. The van der Waals surface area contributed by atoms with E-state index >= 15 is 0 Å². The third kappa shape index (κ3) is 1.98. The third-order valence-corrected chi connectivity index (χ3v) is 1.94. The van der Waals surface area contributed by atoms with E-state index in [2.05, 4.69) is 0 Å². The van der Waals surface area contributed by atoms with Crippen molar-refractivity contribution in [3.8, 4) is 5.75 Å². The molecule has 1 rings (SSSR count). The van der Waals surface area contributed by atoms with Crippen LogP contribution in [0.1, 0.15) is 25.0 Å². The first kappa shape index (κ1) is 9.99. The Morgan fingerprint density at radius 3 is 2.31 bits per heavy atom. The number of rotatable bonds is 1. The number of aromatic hydroxyl groups is 1. The topological polar surface area (TPSA) is 40.5 Å². The number of aliphatic hydroxyl groups is 1. The Morgan fingerprint density at radius 1 is 1.31 bits per heavy atom. The Balaban J connectivity index is 3.32. The minimum atomic E-state index is -1.22. The van der Waals surface area contributed by atoms with Gasteiger partial charge < -0.3 is 10.2 Å². The molecule has 13 heavy (non-hydrogen) atoms. The molecule has 1 aromatic rings. The summed E-state index contributed by atoms with van der Waals surface area (Å²) in [7, 11) is 0. The van der Waals surface area contributed by atoms with Crippen LogP contribution < -0.4 is 0 Å². The highest BCUT2D eigenvalue weighted by Gasteiger charge is 2.21. The Hall–Kier alpha value is -1.09. The Morgan fingerprint density at radius 2 is 1.85 bits per heavy atom. The van der Waals surface area contributed by atoms with Crippen LogP contribution in [0.3, 0.4) is 0 Å². The lowest BCUT2D eigenvalue weighted by atomic mass is 9.96. The molecule has 2 N–H and O–H groups in total. The minimum absolute atomic E-state index is 0.0921. The van der Waals surface area contributed by atoms with Gasteiger partial charge in [-0.1, -0.05) is 0 Å². The number of benzene rings is 1. The summed E-state index contributed by atoms with van der Waals surface area (Å²) in [5.41, 5.74) is -0.468. The standard InChI is InChI=1S/C10H13FO2/c1-6-4-7(10(2,3)13)8(11)5-9(6)12/h4-5,12-13H,1-3H3. The van der Waals surface area contributed by atoms with Gasteiger partial charge >= 0.3 is 0 Å². The Bertz CT molecular complexity index is 326. The van der Waals surface area contributed by atoms with E-state index in [1.54, 1.807) is 6.92 Å². The maximum Gasteiger partial charge on any atom is 0.132 e. The summed E-state index contributed by atoms with van der Waals surface area (Å²) in [5, 5.41) is 18.7. The second kappa shape index (κ2) is 3.00. The predicted molar refractivity (Wildman–Crippen MR) is 48.0 cm³/mol. The van der Waals surface area contributed by atoms with Crippen LogP contribution in [-0.2, 0) is 5.60 Å². The molecule has 0 unspecified atom stereocenters. The van der Waals surface area contributed by atoms with Gasteiger partial charge in [-0.25, -0.2) is 4.39 Å². The summed E-state index contributed by atoms with van der Waals surface area (Å²) in [6, 6.07) is 2.47. The van der Waals surface area contributed by atoms with E-state index in [4.69, 9.17) is 5.11 Å². The number of hydrogen-bond acceptors (Lipinski definition) is 2. The van der Waals surface area contributed by atoms with E-state index in [-0.39, 0.29) is 11.3 Å². The zero-order valence-electron chi connectivity index (χ0n) is 7.93. The molecular weight excluding hydrogens is 171 g/mol. The fourth-order valence-electron chi connectivity index (χ4n) is 1.14. The molecule has 0 heterocycles. The van der Waals surface area contributed by atoms with Crippen molar-refractivity contribution in [1.29, 1.82) is 0 Å². The molecule has 2 nitrogen and oxygen atoms in total. The van der Waals surface area contributed by atoms with Gasteiger partial charge in [-0.05, 0) is 32.4 Å². The highest BCUT2D eigenvalue weighted by Crippen LogP contribution is 2.28. The first-order valence-electron chi connectivity index (χ1n) is 4.04. The van der Waals surface area contributed by atoms with Gasteiger partial charge in [-0.15, -0.1) is 0 Å². The lowest BCUT2D eigenvalue weighted by molar-refractivity contribution is 0.0744. The fourth-order valence-corrected chi connectivity index (χ4v) is 1.14. The van der Waals surface area contributed by atoms with E-state index in [0.717, 1.165) is 6.07 Å². The van der Waals surface area contributed by atoms with E-state index in [0.29, 0.717) is 5.56 Å². The predicted octanol–water partition coefficient (Wildman–Crippen LogP) is 2.07. The van der Waals surface area contributed by atoms with Crippen molar-refractivity contribution < 1.29 is 14.6 Å². The third-order valence-electron chi connectivity index (χ3n) is 1.94. The van der Waals surface area contributed by atoms with Crippen molar-refractivity contribution in [1.82, 2.24) is 0 Å². The van der Waals surface area contributed by atoms with Gasteiger partial charge in [-0.3, -0.25) is 0 Å². The smallest absolute Gasteiger partial charge is 0.132 e. The van der Waals surface area contributed by atoms with Crippen molar-refractivity contribution in [2.75, 3.05) is 0 Å². The van der Waals surface area contributed by atoms with Crippen LogP contribution in [0, 0.1) is 12.7 Å². The average molecular weight is 184 g/mol. The molecule has 0 saturated heterocycles. The van der Waals surface area contributed by atoms with Crippen LogP contribution in [0.2, 0.25) is 0 Å². The van der Waals surface area contributed by atoms with Gasteiger partial charge in [0.05, 0.1) is 5.60 Å². The normalized spacial score (nSPS) is 11.8. The summed E-state index contributed by atoms with van der Waals surface area (Å²) in [6.07, 6.45) is 0. The average Bonchev–Trinajstić information content (AvgIpc) is 1.94. The van der Waals surface area contributed by atoms with E-state index in [9.17, 15) is 9.50 Å². The van der Waals surface area contributed by atoms with Gasteiger partial charge in [0.1, 0.15) is 11.6 Å². The maximum atomic E-state index is 13.2. The number of phenolic OH excluding ortho intramolecular Hbond substituents is 1. The number of halogens is 1. The van der Waals surface area contributed by atoms with Crippen LogP contribution in [0.15, 0.2) is 12.1 Å². The summed E-state index contributed by atoms with van der Waals surface area (Å²) >= 11 is 0. The minimum Gasteiger partial charge on any atom is -0.508 e. The molecule has 0 aromatic heterocycles. The quantitative estimate of drug-likeness (QED) is 0.701. The summed E-state index contributed by atoms with van der Waals surface area (Å²) in [4.78, 5) is 0. The first-order valence-corrected chi connectivity index (χ1v) is 4.04. The molecule has 0 fully saturated rings. The maximum absolute atomic E-state index is 13.2. The van der Waals surface area contributed by atoms with Crippen LogP contribution >= 0.6 is 0 Å². The lowest BCUT2D eigenvalue weighted by Gasteiger charge is -2.19. The van der Waals surface area contributed by atoms with E-state index < -0.39 is 11.4 Å². The summed E-state index contributed by atoms with van der Waals surface area (Å²) in [6.45, 7) is 4.66. The molecular formula is C10H13FO2. The molecule has 0 radical (unpaired) electrons. The van der Waals surface area contributed by atoms with Crippen LogP contribution in [0.25, 0.3) is 0 Å². The number of hydrogen-bond donors (Lipinski definition) is 2. The Labute approximate surface area is 76.6 Å². The monoisotopic (exact) mass is 184 g/mol. The molecule has 0 saturated carbocycles. The van der Waals surface area contributed by atoms with Crippen LogP contribution in [-0.4, -0.2) is 10.2 Å². The zero-order valence-corrected chi connectivity index (χ0v) is 7.93. The molecule has 0 amide bonds. The largest absolute Gasteiger partial charge is 0.508 e. The lowest BCUT2D eigenvalue weighted by Crippen LogP contribution is -2.17. The molecule has 0 bridgehead atoms. The molecule has 0 spiro atoms. The van der Waals surface area contributed by atoms with E-state index in [1.807, 2.05) is 0 Å². The van der Waals surface area contributed by atoms with Gasteiger partial charge in [-0.2, -0.15) is 0 Å².